The van der Waals surface area contributed by atoms with Crippen molar-refractivity contribution in [1.29, 1.82) is 0 Å². The Morgan fingerprint density at radius 1 is 1.06 bits per heavy atom. The Kier molecular flexibility index (Phi) is 4.96. The minimum absolute atomic E-state index is 0.0924. The normalized spacial score (nSPS) is 15.7. The largest absolute Gasteiger partial charge is 0.586 e. The molecule has 3 aromatic rings. The standard InChI is InChI=1S/C24H18F3N3O3/c1-14-7-9-18(29-23(31)30-12-4-11-28-30)22(16-5-2-3-6-17(16)25)21(14)15-8-10-19-20(13-15)33-24(26,27)32-19/h2-3,5-11,13H,4,12H2,1H3,(H,29,31). The summed E-state index contributed by atoms with van der Waals surface area (Å²) in [5, 5.41) is 8.12. The van der Waals surface area contributed by atoms with Crippen LogP contribution in [-0.4, -0.2) is 30.1 Å². The average Bonchev–Trinajstić information content (AvgIpc) is 3.41. The molecule has 0 radical (unpaired) electrons. The van der Waals surface area contributed by atoms with Gasteiger partial charge in [0, 0.05) is 23.8 Å². The fourth-order valence-corrected chi connectivity index (χ4v) is 3.96. The highest BCUT2D eigenvalue weighted by Gasteiger charge is 2.43. The third-order valence-electron chi connectivity index (χ3n) is 5.41. The average molecular weight is 453 g/mol. The molecule has 0 atom stereocenters. The van der Waals surface area contributed by atoms with E-state index in [4.69, 9.17) is 0 Å². The van der Waals surface area contributed by atoms with E-state index in [9.17, 15) is 18.0 Å². The number of amides is 2. The van der Waals surface area contributed by atoms with Gasteiger partial charge in [0.2, 0.25) is 0 Å². The maximum atomic E-state index is 15.0. The van der Waals surface area contributed by atoms with Gasteiger partial charge in [0.25, 0.3) is 0 Å². The Hall–Kier alpha value is -4.01. The molecule has 0 aromatic heterocycles. The third kappa shape index (κ3) is 3.86. The van der Waals surface area contributed by atoms with E-state index in [0.29, 0.717) is 35.3 Å². The molecule has 0 unspecified atom stereocenters. The number of urea groups is 1. The highest BCUT2D eigenvalue weighted by atomic mass is 19.3. The second kappa shape index (κ2) is 7.84. The quantitative estimate of drug-likeness (QED) is 0.528. The summed E-state index contributed by atoms with van der Waals surface area (Å²) < 4.78 is 51.1. The number of nitrogens with zero attached hydrogens (tertiary/aromatic N) is 2. The minimum atomic E-state index is -3.75. The van der Waals surface area contributed by atoms with Gasteiger partial charge >= 0.3 is 12.3 Å². The first-order chi connectivity index (χ1) is 15.8. The fourth-order valence-electron chi connectivity index (χ4n) is 3.96. The predicted molar refractivity (Wildman–Crippen MR) is 117 cm³/mol. The number of nitrogens with one attached hydrogen (secondary N) is 1. The number of hydrogen-bond acceptors (Lipinski definition) is 4. The van der Waals surface area contributed by atoms with E-state index >= 15 is 0 Å². The summed E-state index contributed by atoms with van der Waals surface area (Å²) in [6, 6.07) is 13.5. The lowest BCUT2D eigenvalue weighted by Gasteiger charge is -2.21. The molecule has 0 saturated heterocycles. The highest BCUT2D eigenvalue weighted by Crippen LogP contribution is 2.46. The Morgan fingerprint density at radius 2 is 1.85 bits per heavy atom. The molecule has 1 N–H and O–H groups in total. The molecule has 9 heteroatoms. The highest BCUT2D eigenvalue weighted by molar-refractivity contribution is 6.01. The summed E-state index contributed by atoms with van der Waals surface area (Å²) >= 11 is 0. The number of rotatable bonds is 3. The third-order valence-corrected chi connectivity index (χ3v) is 5.41. The minimum Gasteiger partial charge on any atom is -0.395 e. The first kappa shape index (κ1) is 20.9. The first-order valence-corrected chi connectivity index (χ1v) is 10.2. The molecule has 2 amide bonds. The van der Waals surface area contributed by atoms with Crippen LogP contribution in [0.5, 0.6) is 11.5 Å². The zero-order valence-electron chi connectivity index (χ0n) is 17.4. The number of hydrazone groups is 1. The van der Waals surface area contributed by atoms with E-state index in [1.165, 1.54) is 23.2 Å². The zero-order chi connectivity index (χ0) is 23.2. The smallest absolute Gasteiger partial charge is 0.395 e. The number of benzene rings is 3. The molecule has 33 heavy (non-hydrogen) atoms. The van der Waals surface area contributed by atoms with Crippen molar-refractivity contribution in [3.63, 3.8) is 0 Å². The van der Waals surface area contributed by atoms with Crippen LogP contribution in [0, 0.1) is 12.7 Å². The van der Waals surface area contributed by atoms with E-state index in [0.717, 1.165) is 5.56 Å². The van der Waals surface area contributed by atoms with Gasteiger partial charge in [-0.3, -0.25) is 0 Å². The van der Waals surface area contributed by atoms with Gasteiger partial charge in [0.1, 0.15) is 5.82 Å². The number of carbonyl (C=O) groups excluding carboxylic acids is 1. The van der Waals surface area contributed by atoms with E-state index in [1.807, 2.05) is 6.92 Å². The molecule has 2 heterocycles. The van der Waals surface area contributed by atoms with E-state index in [1.54, 1.807) is 42.6 Å². The number of carbonyl (C=O) groups is 1. The number of aryl methyl sites for hydroxylation is 1. The van der Waals surface area contributed by atoms with Gasteiger partial charge < -0.3 is 14.8 Å². The molecule has 168 valence electrons. The van der Waals surface area contributed by atoms with Crippen molar-refractivity contribution in [3.8, 4) is 33.8 Å². The van der Waals surface area contributed by atoms with Crippen LogP contribution in [0.1, 0.15) is 12.0 Å². The van der Waals surface area contributed by atoms with Crippen molar-refractivity contribution in [1.82, 2.24) is 5.01 Å². The van der Waals surface area contributed by atoms with E-state index in [-0.39, 0.29) is 17.1 Å². The Balaban J connectivity index is 1.67. The van der Waals surface area contributed by atoms with Gasteiger partial charge in [0.15, 0.2) is 11.5 Å². The molecule has 3 aromatic carbocycles. The number of hydrogen-bond donors (Lipinski definition) is 1. The molecule has 0 aliphatic carbocycles. The van der Waals surface area contributed by atoms with Crippen molar-refractivity contribution >= 4 is 17.9 Å². The summed E-state index contributed by atoms with van der Waals surface area (Å²) in [7, 11) is 0. The van der Waals surface area contributed by atoms with Gasteiger partial charge in [0.05, 0.1) is 12.2 Å². The molecule has 0 fully saturated rings. The van der Waals surface area contributed by atoms with Crippen molar-refractivity contribution in [2.24, 2.45) is 5.10 Å². The molecule has 2 aliphatic heterocycles. The zero-order valence-corrected chi connectivity index (χ0v) is 17.4. The second-order valence-corrected chi connectivity index (χ2v) is 7.63. The molecular formula is C24H18F3N3O3. The lowest BCUT2D eigenvalue weighted by atomic mass is 9.89. The lowest BCUT2D eigenvalue weighted by Crippen LogP contribution is -2.29. The summed E-state index contributed by atoms with van der Waals surface area (Å²) in [5.74, 6) is -0.714. The second-order valence-electron chi connectivity index (χ2n) is 7.63. The molecule has 5 rings (SSSR count). The van der Waals surface area contributed by atoms with Crippen LogP contribution in [-0.2, 0) is 0 Å². The predicted octanol–water partition coefficient (Wildman–Crippen LogP) is 6.01. The Labute approximate surface area is 187 Å². The van der Waals surface area contributed by atoms with Crippen LogP contribution in [0.15, 0.2) is 59.7 Å². The topological polar surface area (TPSA) is 63.2 Å². The van der Waals surface area contributed by atoms with Crippen LogP contribution in [0.2, 0.25) is 0 Å². The van der Waals surface area contributed by atoms with E-state index < -0.39 is 18.1 Å². The molecule has 6 nitrogen and oxygen atoms in total. The fraction of sp³-hybridized carbons (Fsp3) is 0.167. The number of halogens is 3. The van der Waals surface area contributed by atoms with Gasteiger partial charge in [-0.15, -0.1) is 8.78 Å². The van der Waals surface area contributed by atoms with Gasteiger partial charge in [-0.1, -0.05) is 30.3 Å². The van der Waals surface area contributed by atoms with Crippen LogP contribution >= 0.6 is 0 Å². The summed E-state index contributed by atoms with van der Waals surface area (Å²) in [6.45, 7) is 2.26. The van der Waals surface area contributed by atoms with Crippen molar-refractivity contribution in [2.45, 2.75) is 19.6 Å². The molecular weight excluding hydrogens is 435 g/mol. The molecule has 2 aliphatic rings. The van der Waals surface area contributed by atoms with Gasteiger partial charge in [-0.25, -0.2) is 14.2 Å². The number of fused-ring (bicyclic) bond motifs is 1. The van der Waals surface area contributed by atoms with Gasteiger partial charge in [-0.2, -0.15) is 5.10 Å². The van der Waals surface area contributed by atoms with Crippen molar-refractivity contribution < 1.29 is 27.4 Å². The van der Waals surface area contributed by atoms with Crippen LogP contribution in [0.3, 0.4) is 0 Å². The van der Waals surface area contributed by atoms with Crippen LogP contribution in [0.25, 0.3) is 22.3 Å². The van der Waals surface area contributed by atoms with E-state index in [2.05, 4.69) is 19.9 Å². The van der Waals surface area contributed by atoms with Gasteiger partial charge in [-0.05, 0) is 47.9 Å². The summed E-state index contributed by atoms with van der Waals surface area (Å²) in [4.78, 5) is 12.7. The molecule has 0 bridgehead atoms. The van der Waals surface area contributed by atoms with Crippen molar-refractivity contribution in [2.75, 3.05) is 11.9 Å². The maximum absolute atomic E-state index is 15.0. The SMILES string of the molecule is Cc1ccc(NC(=O)N2CCC=N2)c(-c2ccccc2F)c1-c1ccc2c(c1)OC(F)(F)O2. The first-order valence-electron chi connectivity index (χ1n) is 10.2. The van der Waals surface area contributed by atoms with Crippen LogP contribution < -0.4 is 14.8 Å². The Morgan fingerprint density at radius 3 is 2.61 bits per heavy atom. The number of ether oxygens (including phenoxy) is 2. The number of alkyl halides is 2. The monoisotopic (exact) mass is 453 g/mol. The lowest BCUT2D eigenvalue weighted by molar-refractivity contribution is -0.286. The molecule has 0 spiro atoms. The van der Waals surface area contributed by atoms with Crippen LogP contribution in [0.4, 0.5) is 23.7 Å². The van der Waals surface area contributed by atoms with Crippen molar-refractivity contribution in [3.05, 3.63) is 66.0 Å². The summed E-state index contributed by atoms with van der Waals surface area (Å²) in [5.41, 5.74) is 2.83. The molecule has 0 saturated carbocycles. The number of anilines is 1. The summed E-state index contributed by atoms with van der Waals surface area (Å²) in [6.07, 6.45) is -1.47. The maximum Gasteiger partial charge on any atom is 0.586 e. The Bertz CT molecular complexity index is 1290.